The molecule has 112 valence electrons. The predicted molar refractivity (Wildman–Crippen MR) is 79.7 cm³/mol. The molecule has 0 atom stereocenters. The van der Waals surface area contributed by atoms with Crippen molar-refractivity contribution in [1.82, 2.24) is 0 Å². The van der Waals surface area contributed by atoms with Gasteiger partial charge in [-0.1, -0.05) is 30.0 Å². The fourth-order valence-electron chi connectivity index (χ4n) is 1.29. The molecule has 0 spiro atoms. The molecule has 21 heavy (non-hydrogen) atoms. The van der Waals surface area contributed by atoms with Crippen LogP contribution in [0.25, 0.3) is 0 Å². The lowest BCUT2D eigenvalue weighted by Gasteiger charge is -2.04. The Kier molecular flexibility index (Phi) is 7.11. The summed E-state index contributed by atoms with van der Waals surface area (Å²) in [7, 11) is 1.26. The van der Waals surface area contributed by atoms with E-state index in [0.29, 0.717) is 0 Å². The Labute approximate surface area is 127 Å². The van der Waals surface area contributed by atoms with E-state index in [1.54, 1.807) is 6.92 Å². The maximum absolute atomic E-state index is 11.7. The molecule has 1 N–H and O–H groups in total. The third kappa shape index (κ3) is 5.74. The first-order chi connectivity index (χ1) is 10.1. The number of benzene rings is 1. The van der Waals surface area contributed by atoms with Gasteiger partial charge >= 0.3 is 11.9 Å². The summed E-state index contributed by atoms with van der Waals surface area (Å²) in [5.74, 6) is -1.98. The number of aliphatic hydroxyl groups excluding tert-OH is 1. The largest absolute Gasteiger partial charge is 0.502 e. The number of allylic oxidation sites excluding steroid dienone is 2. The number of ether oxygens (including phenoxy) is 2. The maximum Gasteiger partial charge on any atom is 0.373 e. The highest BCUT2D eigenvalue weighted by molar-refractivity contribution is 8.04. The molecule has 1 rings (SSSR count). The zero-order valence-electron chi connectivity index (χ0n) is 11.7. The van der Waals surface area contributed by atoms with Gasteiger partial charge in [0.15, 0.2) is 0 Å². The Bertz CT molecular complexity index is 548. The van der Waals surface area contributed by atoms with E-state index in [1.807, 2.05) is 30.3 Å². The first-order valence-corrected chi connectivity index (χ1v) is 6.99. The molecule has 1 aromatic rings. The molecule has 0 aliphatic carbocycles. The molecular weight excluding hydrogens is 292 g/mol. The number of hydrogen-bond acceptors (Lipinski definition) is 6. The fraction of sp³-hybridized carbons (Fsp3) is 0.200. The summed E-state index contributed by atoms with van der Waals surface area (Å²) in [6.07, 6.45) is 2.43. The second-order valence-corrected chi connectivity index (χ2v) is 4.83. The number of carbonyl (C=O) groups is 2. The highest BCUT2D eigenvalue weighted by Crippen LogP contribution is 2.27. The van der Waals surface area contributed by atoms with Crippen LogP contribution < -0.4 is 0 Å². The first kappa shape index (κ1) is 16.8. The lowest BCUT2D eigenvalue weighted by molar-refractivity contribution is -0.141. The normalized spacial score (nSPS) is 11.9. The van der Waals surface area contributed by atoms with Crippen molar-refractivity contribution in [3.05, 3.63) is 53.1 Å². The molecule has 0 bridgehead atoms. The molecule has 0 aliphatic rings. The molecule has 0 aromatic heterocycles. The Hall–Kier alpha value is -2.21. The topological polar surface area (TPSA) is 72.8 Å². The van der Waals surface area contributed by atoms with Gasteiger partial charge in [-0.15, -0.1) is 0 Å². The third-order valence-electron chi connectivity index (χ3n) is 2.23. The van der Waals surface area contributed by atoms with Gasteiger partial charge in [0.25, 0.3) is 0 Å². The minimum atomic E-state index is -0.845. The minimum Gasteiger partial charge on any atom is -0.502 e. The number of thioether (sulfide) groups is 1. The van der Waals surface area contributed by atoms with Gasteiger partial charge < -0.3 is 14.6 Å². The summed E-state index contributed by atoms with van der Waals surface area (Å²) in [6.45, 7) is 1.79. The van der Waals surface area contributed by atoms with E-state index < -0.39 is 17.7 Å². The van der Waals surface area contributed by atoms with Gasteiger partial charge in [-0.25, -0.2) is 9.59 Å². The van der Waals surface area contributed by atoms with Gasteiger partial charge in [0.1, 0.15) is 0 Å². The molecule has 1 aromatic carbocycles. The summed E-state index contributed by atoms with van der Waals surface area (Å²) in [4.78, 5) is 24.0. The summed E-state index contributed by atoms with van der Waals surface area (Å²) in [5, 5.41) is 9.50. The smallest absolute Gasteiger partial charge is 0.373 e. The number of hydrogen-bond donors (Lipinski definition) is 1. The van der Waals surface area contributed by atoms with E-state index in [9.17, 15) is 14.7 Å². The SMILES string of the molecule is CCOC(=O)C(O)=CC=C(Sc1ccccc1)C(=O)OC. The van der Waals surface area contributed by atoms with Gasteiger partial charge in [-0.3, -0.25) is 0 Å². The van der Waals surface area contributed by atoms with Crippen LogP contribution in [0.3, 0.4) is 0 Å². The Morgan fingerprint density at radius 1 is 1.19 bits per heavy atom. The molecular formula is C15H16O5S. The summed E-state index contributed by atoms with van der Waals surface area (Å²) < 4.78 is 9.30. The van der Waals surface area contributed by atoms with Crippen molar-refractivity contribution in [1.29, 1.82) is 0 Å². The van der Waals surface area contributed by atoms with Gasteiger partial charge in [0, 0.05) is 4.90 Å². The van der Waals surface area contributed by atoms with E-state index in [2.05, 4.69) is 9.47 Å². The van der Waals surface area contributed by atoms with Crippen LogP contribution in [0.5, 0.6) is 0 Å². The standard InChI is InChI=1S/C15H16O5S/c1-3-20-14(17)12(16)9-10-13(15(18)19-2)21-11-7-5-4-6-8-11/h4-10,16H,3H2,1-2H3. The molecule has 0 aliphatic heterocycles. The highest BCUT2D eigenvalue weighted by atomic mass is 32.2. The summed E-state index contributed by atoms with van der Waals surface area (Å²) in [6, 6.07) is 9.19. The average molecular weight is 308 g/mol. The maximum atomic E-state index is 11.7. The third-order valence-corrected chi connectivity index (χ3v) is 3.27. The molecule has 0 saturated carbocycles. The zero-order valence-corrected chi connectivity index (χ0v) is 12.6. The molecule has 0 unspecified atom stereocenters. The van der Waals surface area contributed by atoms with Gasteiger partial charge in [0.05, 0.1) is 18.6 Å². The highest BCUT2D eigenvalue weighted by Gasteiger charge is 2.12. The molecule has 0 fully saturated rings. The van der Waals surface area contributed by atoms with Crippen molar-refractivity contribution >= 4 is 23.7 Å². The average Bonchev–Trinajstić information content (AvgIpc) is 2.51. The van der Waals surface area contributed by atoms with Crippen LogP contribution in [0, 0.1) is 0 Å². The zero-order chi connectivity index (χ0) is 15.7. The van der Waals surface area contributed by atoms with Gasteiger partial charge in [-0.05, 0) is 31.2 Å². The van der Waals surface area contributed by atoms with Crippen LogP contribution in [0.15, 0.2) is 58.0 Å². The van der Waals surface area contributed by atoms with Crippen LogP contribution in [0.1, 0.15) is 6.92 Å². The molecule has 0 saturated heterocycles. The van der Waals surface area contributed by atoms with Crippen molar-refractivity contribution in [2.24, 2.45) is 0 Å². The van der Waals surface area contributed by atoms with Gasteiger partial charge in [-0.2, -0.15) is 0 Å². The van der Waals surface area contributed by atoms with Crippen LogP contribution in [0.4, 0.5) is 0 Å². The second kappa shape index (κ2) is 8.86. The van der Waals surface area contributed by atoms with Crippen LogP contribution in [0.2, 0.25) is 0 Å². The van der Waals surface area contributed by atoms with Crippen molar-refractivity contribution in [2.45, 2.75) is 11.8 Å². The number of rotatable bonds is 6. The van der Waals surface area contributed by atoms with E-state index >= 15 is 0 Å². The van der Waals surface area contributed by atoms with Crippen LogP contribution in [-0.4, -0.2) is 30.8 Å². The summed E-state index contributed by atoms with van der Waals surface area (Å²) in [5.41, 5.74) is 0. The quantitative estimate of drug-likeness (QED) is 0.286. The lowest BCUT2D eigenvalue weighted by Crippen LogP contribution is -2.07. The second-order valence-electron chi connectivity index (χ2n) is 3.71. The Morgan fingerprint density at radius 3 is 2.43 bits per heavy atom. The molecule has 5 nitrogen and oxygen atoms in total. The number of methoxy groups -OCH3 is 1. The van der Waals surface area contributed by atoms with E-state index in [0.717, 1.165) is 11.0 Å². The van der Waals surface area contributed by atoms with Crippen LogP contribution >= 0.6 is 11.8 Å². The first-order valence-electron chi connectivity index (χ1n) is 6.17. The van der Waals surface area contributed by atoms with E-state index in [-0.39, 0.29) is 11.5 Å². The number of carbonyl (C=O) groups excluding carboxylic acids is 2. The molecule has 0 radical (unpaired) electrons. The van der Waals surface area contributed by atoms with Crippen molar-refractivity contribution in [3.63, 3.8) is 0 Å². The van der Waals surface area contributed by atoms with Crippen LogP contribution in [-0.2, 0) is 19.1 Å². The number of esters is 2. The van der Waals surface area contributed by atoms with Crippen molar-refractivity contribution in [3.8, 4) is 0 Å². The minimum absolute atomic E-state index is 0.156. The van der Waals surface area contributed by atoms with Crippen molar-refractivity contribution in [2.75, 3.05) is 13.7 Å². The molecule has 0 heterocycles. The van der Waals surface area contributed by atoms with E-state index in [4.69, 9.17) is 0 Å². The molecule has 6 heteroatoms. The summed E-state index contributed by atoms with van der Waals surface area (Å²) >= 11 is 1.17. The van der Waals surface area contributed by atoms with E-state index in [1.165, 1.54) is 24.9 Å². The monoisotopic (exact) mass is 308 g/mol. The van der Waals surface area contributed by atoms with Crippen molar-refractivity contribution < 1.29 is 24.2 Å². The number of aliphatic hydroxyl groups is 1. The fourth-order valence-corrected chi connectivity index (χ4v) is 2.14. The molecule has 0 amide bonds. The Balaban J connectivity index is 2.92. The Morgan fingerprint density at radius 2 is 1.86 bits per heavy atom. The predicted octanol–water partition coefficient (Wildman–Crippen LogP) is 2.84. The van der Waals surface area contributed by atoms with Gasteiger partial charge in [0.2, 0.25) is 5.76 Å². The lowest BCUT2D eigenvalue weighted by atomic mass is 10.4.